The summed E-state index contributed by atoms with van der Waals surface area (Å²) in [5.41, 5.74) is 0.699. The number of rotatable bonds is 3. The molecule has 1 aromatic carbocycles. The molecule has 1 atom stereocenters. The van der Waals surface area contributed by atoms with Crippen LogP contribution >= 0.6 is 23.2 Å². The van der Waals surface area contributed by atoms with Crippen molar-refractivity contribution < 1.29 is 0 Å². The maximum atomic E-state index is 9.26. The highest BCUT2D eigenvalue weighted by Gasteiger charge is 2.23. The predicted molar refractivity (Wildman–Crippen MR) is 70.2 cm³/mol. The molecule has 17 heavy (non-hydrogen) atoms. The summed E-state index contributed by atoms with van der Waals surface area (Å²) in [6, 6.07) is 7.56. The van der Waals surface area contributed by atoms with Crippen LogP contribution in [0, 0.1) is 11.3 Å². The number of nitriles is 1. The first kappa shape index (κ1) is 12.7. The minimum Gasteiger partial charge on any atom is -0.295 e. The van der Waals surface area contributed by atoms with Crippen LogP contribution in [-0.4, -0.2) is 6.04 Å². The van der Waals surface area contributed by atoms with Gasteiger partial charge in [0.1, 0.15) is 6.04 Å². The number of nitrogens with one attached hydrogen (secondary N) is 1. The molecule has 2 rings (SSSR count). The molecule has 90 valence electrons. The zero-order valence-electron chi connectivity index (χ0n) is 9.42. The summed E-state index contributed by atoms with van der Waals surface area (Å²) in [5.74, 6) is 0. The summed E-state index contributed by atoms with van der Waals surface area (Å²) in [7, 11) is 0. The van der Waals surface area contributed by atoms with E-state index >= 15 is 0 Å². The SMILES string of the molecule is N#CC(NC1CCCC1)c1c(Cl)cccc1Cl. The van der Waals surface area contributed by atoms with Crippen LogP contribution in [0.3, 0.4) is 0 Å². The van der Waals surface area contributed by atoms with Crippen LogP contribution in [0.25, 0.3) is 0 Å². The summed E-state index contributed by atoms with van der Waals surface area (Å²) >= 11 is 12.2. The summed E-state index contributed by atoms with van der Waals surface area (Å²) < 4.78 is 0. The summed E-state index contributed by atoms with van der Waals surface area (Å²) in [6.45, 7) is 0. The molecule has 0 amide bonds. The third-order valence-corrected chi connectivity index (χ3v) is 3.83. The highest BCUT2D eigenvalue weighted by molar-refractivity contribution is 6.36. The monoisotopic (exact) mass is 268 g/mol. The number of hydrogen-bond acceptors (Lipinski definition) is 2. The Morgan fingerprint density at radius 2 is 1.82 bits per heavy atom. The van der Waals surface area contributed by atoms with Crippen molar-refractivity contribution in [1.29, 1.82) is 5.26 Å². The number of hydrogen-bond donors (Lipinski definition) is 1. The van der Waals surface area contributed by atoms with E-state index in [1.165, 1.54) is 12.8 Å². The second-order valence-corrected chi connectivity index (χ2v) is 5.16. The molecule has 1 aliphatic carbocycles. The van der Waals surface area contributed by atoms with E-state index in [0.29, 0.717) is 21.7 Å². The Hall–Kier alpha value is -0.750. The first-order valence-electron chi connectivity index (χ1n) is 5.82. The second-order valence-electron chi connectivity index (χ2n) is 4.35. The highest BCUT2D eigenvalue weighted by atomic mass is 35.5. The first-order valence-corrected chi connectivity index (χ1v) is 6.57. The zero-order valence-corrected chi connectivity index (χ0v) is 10.9. The van der Waals surface area contributed by atoms with Gasteiger partial charge in [-0.05, 0) is 25.0 Å². The molecular weight excluding hydrogens is 255 g/mol. The van der Waals surface area contributed by atoms with Gasteiger partial charge in [0.2, 0.25) is 0 Å². The van der Waals surface area contributed by atoms with Crippen molar-refractivity contribution in [2.24, 2.45) is 0 Å². The largest absolute Gasteiger partial charge is 0.295 e. The van der Waals surface area contributed by atoms with E-state index in [0.717, 1.165) is 12.8 Å². The lowest BCUT2D eigenvalue weighted by atomic mass is 10.1. The Kier molecular flexibility index (Phi) is 4.28. The predicted octanol–water partition coefficient (Wildman–Crippen LogP) is 4.09. The van der Waals surface area contributed by atoms with Gasteiger partial charge in [-0.15, -0.1) is 0 Å². The smallest absolute Gasteiger partial charge is 0.124 e. The molecule has 4 heteroatoms. The lowest BCUT2D eigenvalue weighted by molar-refractivity contribution is 0.492. The average Bonchev–Trinajstić information content (AvgIpc) is 2.80. The van der Waals surface area contributed by atoms with E-state index in [1.54, 1.807) is 18.2 Å². The molecule has 1 saturated carbocycles. The molecule has 0 saturated heterocycles. The van der Waals surface area contributed by atoms with Crippen LogP contribution < -0.4 is 5.32 Å². The number of benzene rings is 1. The Morgan fingerprint density at radius 1 is 1.24 bits per heavy atom. The normalized spacial score (nSPS) is 17.9. The summed E-state index contributed by atoms with van der Waals surface area (Å²) in [6.07, 6.45) is 4.71. The van der Waals surface area contributed by atoms with Crippen LogP contribution in [0.5, 0.6) is 0 Å². The van der Waals surface area contributed by atoms with Gasteiger partial charge in [-0.2, -0.15) is 5.26 Å². The standard InChI is InChI=1S/C13H14Cl2N2/c14-10-6-3-7-11(15)13(10)12(8-16)17-9-4-1-2-5-9/h3,6-7,9,12,17H,1-2,4-5H2. The highest BCUT2D eigenvalue weighted by Crippen LogP contribution is 2.31. The zero-order chi connectivity index (χ0) is 12.3. The molecule has 1 aromatic rings. The molecule has 0 heterocycles. The summed E-state index contributed by atoms with van der Waals surface area (Å²) in [5, 5.41) is 13.7. The molecule has 2 nitrogen and oxygen atoms in total. The van der Waals surface area contributed by atoms with Crippen molar-refractivity contribution in [2.75, 3.05) is 0 Å². The van der Waals surface area contributed by atoms with E-state index in [4.69, 9.17) is 23.2 Å². The van der Waals surface area contributed by atoms with Crippen molar-refractivity contribution in [1.82, 2.24) is 5.32 Å². The van der Waals surface area contributed by atoms with Gasteiger partial charge >= 0.3 is 0 Å². The number of halogens is 2. The van der Waals surface area contributed by atoms with Crippen LogP contribution in [-0.2, 0) is 0 Å². The van der Waals surface area contributed by atoms with Crippen molar-refractivity contribution in [3.05, 3.63) is 33.8 Å². The fraction of sp³-hybridized carbons (Fsp3) is 0.462. The molecule has 1 N–H and O–H groups in total. The minimum absolute atomic E-state index is 0.409. The minimum atomic E-state index is -0.417. The molecule has 0 bridgehead atoms. The van der Waals surface area contributed by atoms with E-state index in [9.17, 15) is 5.26 Å². The van der Waals surface area contributed by atoms with Crippen LogP contribution in [0.2, 0.25) is 10.0 Å². The van der Waals surface area contributed by atoms with Gasteiger partial charge in [0.25, 0.3) is 0 Å². The second kappa shape index (κ2) is 5.73. The summed E-state index contributed by atoms with van der Waals surface area (Å²) in [4.78, 5) is 0. The Balaban J connectivity index is 2.20. The van der Waals surface area contributed by atoms with Crippen molar-refractivity contribution in [3.8, 4) is 6.07 Å². The van der Waals surface area contributed by atoms with E-state index in [-0.39, 0.29) is 0 Å². The van der Waals surface area contributed by atoms with Gasteiger partial charge in [-0.25, -0.2) is 0 Å². The van der Waals surface area contributed by atoms with Crippen molar-refractivity contribution >= 4 is 23.2 Å². The number of nitrogens with zero attached hydrogens (tertiary/aromatic N) is 1. The van der Waals surface area contributed by atoms with Gasteiger partial charge in [-0.1, -0.05) is 42.1 Å². The van der Waals surface area contributed by atoms with Gasteiger partial charge in [0.15, 0.2) is 0 Å². The van der Waals surface area contributed by atoms with Gasteiger partial charge in [0, 0.05) is 21.7 Å². The molecule has 1 fully saturated rings. The van der Waals surface area contributed by atoms with Crippen LogP contribution in [0.15, 0.2) is 18.2 Å². The topological polar surface area (TPSA) is 35.8 Å². The van der Waals surface area contributed by atoms with Gasteiger partial charge in [0.05, 0.1) is 6.07 Å². The molecule has 0 spiro atoms. The van der Waals surface area contributed by atoms with Crippen molar-refractivity contribution in [3.63, 3.8) is 0 Å². The van der Waals surface area contributed by atoms with Crippen LogP contribution in [0.1, 0.15) is 37.3 Å². The molecular formula is C13H14Cl2N2. The molecule has 0 radical (unpaired) electrons. The first-order chi connectivity index (χ1) is 8.22. The molecule has 1 unspecified atom stereocenters. The molecule has 1 aliphatic rings. The lowest BCUT2D eigenvalue weighted by Gasteiger charge is -2.19. The van der Waals surface area contributed by atoms with E-state index in [1.807, 2.05) is 0 Å². The van der Waals surface area contributed by atoms with Gasteiger partial charge in [-0.3, -0.25) is 5.32 Å². The fourth-order valence-corrected chi connectivity index (χ4v) is 2.92. The Labute approximate surface area is 112 Å². The fourth-order valence-electron chi connectivity index (χ4n) is 2.30. The third kappa shape index (κ3) is 2.93. The van der Waals surface area contributed by atoms with Crippen molar-refractivity contribution in [2.45, 2.75) is 37.8 Å². The third-order valence-electron chi connectivity index (χ3n) is 3.18. The molecule has 0 aliphatic heterocycles. The van der Waals surface area contributed by atoms with Crippen LogP contribution in [0.4, 0.5) is 0 Å². The quantitative estimate of drug-likeness (QED) is 0.897. The van der Waals surface area contributed by atoms with E-state index < -0.39 is 6.04 Å². The maximum absolute atomic E-state index is 9.26. The van der Waals surface area contributed by atoms with E-state index in [2.05, 4.69) is 11.4 Å². The maximum Gasteiger partial charge on any atom is 0.124 e. The van der Waals surface area contributed by atoms with Gasteiger partial charge < -0.3 is 0 Å². The lowest BCUT2D eigenvalue weighted by Crippen LogP contribution is -2.30. The Morgan fingerprint density at radius 3 is 2.35 bits per heavy atom. The molecule has 0 aromatic heterocycles. The average molecular weight is 269 g/mol. The Bertz CT molecular complexity index is 413.